The number of nitrogens with one attached hydrogen (secondary N) is 1. The van der Waals surface area contributed by atoms with Gasteiger partial charge in [0.25, 0.3) is 0 Å². The minimum atomic E-state index is -0.501. The van der Waals surface area contributed by atoms with Crippen LogP contribution in [0.2, 0.25) is 0 Å². The lowest BCUT2D eigenvalue weighted by Crippen LogP contribution is -2.16. The average molecular weight is 332 g/mol. The van der Waals surface area contributed by atoms with Gasteiger partial charge >= 0.3 is 11.9 Å². The van der Waals surface area contributed by atoms with Crippen LogP contribution in [0, 0.1) is 0 Å². The maximum atomic E-state index is 11.7. The quantitative estimate of drug-likeness (QED) is 0.376. The van der Waals surface area contributed by atoms with E-state index < -0.39 is 11.9 Å². The summed E-state index contributed by atoms with van der Waals surface area (Å²) in [6, 6.07) is 6.29. The highest BCUT2D eigenvalue weighted by Gasteiger charge is 2.15. The van der Waals surface area contributed by atoms with Gasteiger partial charge in [0.15, 0.2) is 17.3 Å². The second kappa shape index (κ2) is 7.82. The van der Waals surface area contributed by atoms with E-state index in [-0.39, 0.29) is 11.5 Å². The minimum Gasteiger partial charge on any atom is -0.493 e. The number of benzene rings is 1. The third-order valence-corrected chi connectivity index (χ3v) is 2.85. The number of rotatable bonds is 6. The average Bonchev–Trinajstić information content (AvgIpc) is 3.09. The number of hydrogen-bond donors (Lipinski definition) is 1. The van der Waals surface area contributed by atoms with E-state index in [1.54, 1.807) is 18.2 Å². The van der Waals surface area contributed by atoms with Crippen LogP contribution in [0.25, 0.3) is 0 Å². The van der Waals surface area contributed by atoms with Crippen LogP contribution in [0.4, 0.5) is 0 Å². The highest BCUT2D eigenvalue weighted by molar-refractivity contribution is 5.92. The Morgan fingerprint density at radius 3 is 2.38 bits per heavy atom. The molecule has 0 saturated carbocycles. The number of furan rings is 1. The third-order valence-electron chi connectivity index (χ3n) is 2.85. The number of methoxy groups -OCH3 is 2. The second-order valence-electron chi connectivity index (χ2n) is 4.52. The molecule has 0 aliphatic rings. The molecule has 0 fully saturated rings. The van der Waals surface area contributed by atoms with E-state index in [9.17, 15) is 9.59 Å². The van der Waals surface area contributed by atoms with Crippen molar-refractivity contribution in [1.82, 2.24) is 5.43 Å². The molecule has 0 aliphatic carbocycles. The molecule has 24 heavy (non-hydrogen) atoms. The highest BCUT2D eigenvalue weighted by Crippen LogP contribution is 2.38. The first-order valence-electron chi connectivity index (χ1n) is 6.86. The number of ether oxygens (including phenoxy) is 3. The molecule has 1 N–H and O–H groups in total. The summed E-state index contributed by atoms with van der Waals surface area (Å²) in [5, 5.41) is 3.84. The molecule has 0 aliphatic heterocycles. The molecule has 2 rings (SSSR count). The second-order valence-corrected chi connectivity index (χ2v) is 4.52. The van der Waals surface area contributed by atoms with Crippen molar-refractivity contribution in [3.8, 4) is 17.2 Å². The van der Waals surface area contributed by atoms with Gasteiger partial charge in [0.2, 0.25) is 5.75 Å². The Morgan fingerprint density at radius 1 is 1.21 bits per heavy atom. The summed E-state index contributed by atoms with van der Waals surface area (Å²) in [5.74, 6) is -0.0750. The van der Waals surface area contributed by atoms with Crippen LogP contribution in [0.15, 0.2) is 40.0 Å². The first-order valence-corrected chi connectivity index (χ1v) is 6.86. The summed E-state index contributed by atoms with van der Waals surface area (Å²) in [5.41, 5.74) is 2.89. The van der Waals surface area contributed by atoms with Crippen molar-refractivity contribution in [3.63, 3.8) is 0 Å². The van der Waals surface area contributed by atoms with Crippen molar-refractivity contribution in [3.05, 3.63) is 41.9 Å². The van der Waals surface area contributed by atoms with E-state index in [2.05, 4.69) is 10.5 Å². The van der Waals surface area contributed by atoms with Crippen molar-refractivity contribution < 1.29 is 28.2 Å². The van der Waals surface area contributed by atoms with Gasteiger partial charge in [-0.2, -0.15) is 5.10 Å². The largest absolute Gasteiger partial charge is 0.493 e. The van der Waals surface area contributed by atoms with Gasteiger partial charge in [-0.25, -0.2) is 5.43 Å². The van der Waals surface area contributed by atoms with Gasteiger partial charge in [0, 0.05) is 12.5 Å². The molecule has 1 aromatic carbocycles. The number of carbonyl (C=O) groups excluding carboxylic acids is 2. The van der Waals surface area contributed by atoms with Gasteiger partial charge in [-0.15, -0.1) is 0 Å². The molecule has 0 unspecified atom stereocenters. The Bertz CT molecular complexity index is 727. The lowest BCUT2D eigenvalue weighted by Gasteiger charge is -2.13. The maximum Gasteiger partial charge on any atom is 0.308 e. The van der Waals surface area contributed by atoms with Gasteiger partial charge in [0.05, 0.1) is 26.7 Å². The number of hydrazone groups is 1. The van der Waals surface area contributed by atoms with Gasteiger partial charge in [0.1, 0.15) is 0 Å². The van der Waals surface area contributed by atoms with Crippen molar-refractivity contribution in [1.29, 1.82) is 0 Å². The van der Waals surface area contributed by atoms with Crippen LogP contribution in [0.3, 0.4) is 0 Å². The monoisotopic (exact) mass is 332 g/mol. The highest BCUT2D eigenvalue weighted by atomic mass is 16.6. The van der Waals surface area contributed by atoms with Crippen molar-refractivity contribution in [2.24, 2.45) is 5.10 Å². The molecular formula is C16H16N2O6. The SMILES string of the molecule is COc1cc(/C=N/NC(=O)c2ccco2)cc(OC)c1OC(C)=O. The predicted octanol–water partition coefficient (Wildman–Crippen LogP) is 1.99. The topological polar surface area (TPSA) is 99.4 Å². The molecule has 0 saturated heterocycles. The zero-order chi connectivity index (χ0) is 17.5. The molecule has 8 nitrogen and oxygen atoms in total. The van der Waals surface area contributed by atoms with Crippen LogP contribution in [0.5, 0.6) is 17.2 Å². The van der Waals surface area contributed by atoms with E-state index in [0.29, 0.717) is 17.1 Å². The van der Waals surface area contributed by atoms with E-state index in [1.165, 1.54) is 39.7 Å². The molecule has 0 bridgehead atoms. The fourth-order valence-electron chi connectivity index (χ4n) is 1.85. The summed E-state index contributed by atoms with van der Waals surface area (Å²) in [7, 11) is 2.86. The van der Waals surface area contributed by atoms with Gasteiger partial charge in [-0.3, -0.25) is 9.59 Å². The van der Waals surface area contributed by atoms with E-state index >= 15 is 0 Å². The number of esters is 1. The molecule has 1 aromatic heterocycles. The number of nitrogens with zero attached hydrogens (tertiary/aromatic N) is 1. The molecular weight excluding hydrogens is 316 g/mol. The molecule has 1 heterocycles. The molecule has 8 heteroatoms. The number of amides is 1. The Kier molecular flexibility index (Phi) is 5.56. The first-order chi connectivity index (χ1) is 11.5. The Labute approximate surface area is 138 Å². The van der Waals surface area contributed by atoms with Gasteiger partial charge in [-0.05, 0) is 24.3 Å². The smallest absolute Gasteiger partial charge is 0.308 e. The lowest BCUT2D eigenvalue weighted by atomic mass is 10.2. The molecule has 0 spiro atoms. The molecule has 0 radical (unpaired) electrons. The Morgan fingerprint density at radius 2 is 1.88 bits per heavy atom. The predicted molar refractivity (Wildman–Crippen MR) is 84.6 cm³/mol. The lowest BCUT2D eigenvalue weighted by molar-refractivity contribution is -0.132. The zero-order valence-corrected chi connectivity index (χ0v) is 13.4. The number of hydrogen-bond acceptors (Lipinski definition) is 7. The summed E-state index contributed by atoms with van der Waals surface area (Å²) >= 11 is 0. The zero-order valence-electron chi connectivity index (χ0n) is 13.4. The van der Waals surface area contributed by atoms with E-state index in [1.807, 2.05) is 0 Å². The minimum absolute atomic E-state index is 0.146. The van der Waals surface area contributed by atoms with Crippen LogP contribution in [-0.2, 0) is 4.79 Å². The fraction of sp³-hybridized carbons (Fsp3) is 0.188. The normalized spacial score (nSPS) is 10.5. The van der Waals surface area contributed by atoms with Crippen molar-refractivity contribution >= 4 is 18.1 Å². The summed E-state index contributed by atoms with van der Waals surface area (Å²) in [6.07, 6.45) is 2.78. The van der Waals surface area contributed by atoms with Crippen molar-refractivity contribution in [2.45, 2.75) is 6.92 Å². The first kappa shape index (κ1) is 17.1. The molecule has 1 amide bonds. The fourth-order valence-corrected chi connectivity index (χ4v) is 1.85. The molecule has 0 atom stereocenters. The van der Waals surface area contributed by atoms with Crippen LogP contribution in [0.1, 0.15) is 23.0 Å². The third kappa shape index (κ3) is 4.13. The number of carbonyl (C=O) groups is 2. The van der Waals surface area contributed by atoms with E-state index in [4.69, 9.17) is 18.6 Å². The van der Waals surface area contributed by atoms with E-state index in [0.717, 1.165) is 0 Å². The Balaban J connectivity index is 2.19. The van der Waals surface area contributed by atoms with Gasteiger partial charge in [-0.1, -0.05) is 0 Å². The summed E-state index contributed by atoms with van der Waals surface area (Å²) in [6.45, 7) is 1.28. The van der Waals surface area contributed by atoms with Crippen molar-refractivity contribution in [2.75, 3.05) is 14.2 Å². The van der Waals surface area contributed by atoms with Gasteiger partial charge < -0.3 is 18.6 Å². The van der Waals surface area contributed by atoms with Crippen LogP contribution < -0.4 is 19.6 Å². The molecule has 2 aromatic rings. The van der Waals surface area contributed by atoms with Crippen LogP contribution >= 0.6 is 0 Å². The van der Waals surface area contributed by atoms with Crippen LogP contribution in [-0.4, -0.2) is 32.3 Å². The Hall–Kier alpha value is -3.29. The summed E-state index contributed by atoms with van der Waals surface area (Å²) < 4.78 is 20.4. The maximum absolute atomic E-state index is 11.7. The summed E-state index contributed by atoms with van der Waals surface area (Å²) in [4.78, 5) is 22.9. The molecule has 126 valence electrons. The standard InChI is InChI=1S/C16H16N2O6/c1-10(19)24-15-13(21-2)7-11(8-14(15)22-3)9-17-18-16(20)12-5-4-6-23-12/h4-9H,1-3H3,(H,18,20)/b17-9+.